The van der Waals surface area contributed by atoms with E-state index in [9.17, 15) is 9.59 Å². The van der Waals surface area contributed by atoms with Crippen LogP contribution < -0.4 is 5.69 Å². The highest BCUT2D eigenvalue weighted by Crippen LogP contribution is 2.22. The first-order chi connectivity index (χ1) is 8.63. The molecule has 0 aromatic carbocycles. The summed E-state index contributed by atoms with van der Waals surface area (Å²) in [4.78, 5) is 22.2. The van der Waals surface area contributed by atoms with Gasteiger partial charge in [-0.1, -0.05) is 11.8 Å². The predicted octanol–water partition coefficient (Wildman–Crippen LogP) is 1.17. The van der Waals surface area contributed by atoms with Gasteiger partial charge < -0.3 is 9.52 Å². The van der Waals surface area contributed by atoms with Crippen LogP contribution in [-0.2, 0) is 12.3 Å². The minimum Gasteiger partial charge on any atom is -0.475 e. The lowest BCUT2D eigenvalue weighted by atomic mass is 10.3. The standard InChI is InChI=1S/C10H11N3O4S/c1-2-13-9(16)11-12-10(13)18-5-6-3-4-17-7(6)8(14)15/h3-4H,2,5H2,1H3,(H,11,16)(H,14,15). The van der Waals surface area contributed by atoms with Crippen LogP contribution >= 0.6 is 11.8 Å². The minimum atomic E-state index is -1.11. The number of rotatable bonds is 5. The Kier molecular flexibility index (Phi) is 3.56. The van der Waals surface area contributed by atoms with Gasteiger partial charge in [0.2, 0.25) is 5.76 Å². The molecule has 0 saturated carbocycles. The molecule has 0 unspecified atom stereocenters. The number of nitrogens with one attached hydrogen (secondary N) is 1. The molecule has 0 radical (unpaired) electrons. The number of nitrogens with zero attached hydrogens (tertiary/aromatic N) is 2. The van der Waals surface area contributed by atoms with Gasteiger partial charge in [-0.2, -0.15) is 0 Å². The molecule has 7 nitrogen and oxygen atoms in total. The maximum atomic E-state index is 11.3. The summed E-state index contributed by atoms with van der Waals surface area (Å²) in [6.45, 7) is 2.34. The maximum absolute atomic E-state index is 11.3. The molecular formula is C10H11N3O4S. The molecule has 8 heteroatoms. The van der Waals surface area contributed by atoms with Crippen molar-refractivity contribution in [1.82, 2.24) is 14.8 Å². The van der Waals surface area contributed by atoms with Crippen LogP contribution in [0.4, 0.5) is 0 Å². The van der Waals surface area contributed by atoms with Crippen LogP contribution in [0.15, 0.2) is 26.7 Å². The van der Waals surface area contributed by atoms with Crippen molar-refractivity contribution in [2.24, 2.45) is 0 Å². The molecule has 0 fully saturated rings. The van der Waals surface area contributed by atoms with Gasteiger partial charge in [-0.15, -0.1) is 5.10 Å². The number of carboxylic acids is 1. The number of aromatic amines is 1. The normalized spacial score (nSPS) is 10.7. The molecule has 0 bridgehead atoms. The van der Waals surface area contributed by atoms with Crippen LogP contribution in [0.5, 0.6) is 0 Å². The van der Waals surface area contributed by atoms with Gasteiger partial charge >= 0.3 is 11.7 Å². The van der Waals surface area contributed by atoms with Crippen molar-refractivity contribution in [2.45, 2.75) is 24.4 Å². The molecule has 0 aliphatic rings. The second kappa shape index (κ2) is 5.13. The topological polar surface area (TPSA) is 101 Å². The van der Waals surface area contributed by atoms with E-state index in [1.165, 1.54) is 22.6 Å². The summed E-state index contributed by atoms with van der Waals surface area (Å²) in [7, 11) is 0. The molecule has 0 atom stereocenters. The van der Waals surface area contributed by atoms with Gasteiger partial charge in [0.05, 0.1) is 6.26 Å². The number of H-pyrrole nitrogens is 1. The number of hydrogen-bond acceptors (Lipinski definition) is 5. The molecule has 2 aromatic heterocycles. The smallest absolute Gasteiger partial charge is 0.372 e. The number of furan rings is 1. The number of aromatic nitrogens is 3. The monoisotopic (exact) mass is 269 g/mol. The molecule has 2 N–H and O–H groups in total. The van der Waals surface area contributed by atoms with Gasteiger partial charge in [0.1, 0.15) is 0 Å². The summed E-state index contributed by atoms with van der Waals surface area (Å²) < 4.78 is 6.34. The van der Waals surface area contributed by atoms with Gasteiger partial charge in [-0.25, -0.2) is 14.7 Å². The Bertz CT molecular complexity index is 613. The molecule has 0 amide bonds. The van der Waals surface area contributed by atoms with Crippen molar-refractivity contribution in [3.05, 3.63) is 34.1 Å². The van der Waals surface area contributed by atoms with Crippen molar-refractivity contribution in [3.8, 4) is 0 Å². The van der Waals surface area contributed by atoms with Gasteiger partial charge in [0.15, 0.2) is 5.16 Å². The number of carbonyl (C=O) groups is 1. The molecule has 0 spiro atoms. The highest BCUT2D eigenvalue weighted by atomic mass is 32.2. The maximum Gasteiger partial charge on any atom is 0.372 e. The highest BCUT2D eigenvalue weighted by molar-refractivity contribution is 7.98. The van der Waals surface area contributed by atoms with E-state index in [-0.39, 0.29) is 11.4 Å². The van der Waals surface area contributed by atoms with E-state index in [0.717, 1.165) is 0 Å². The average Bonchev–Trinajstić information content (AvgIpc) is 2.92. The molecule has 0 aliphatic carbocycles. The second-order valence-corrected chi connectivity index (χ2v) is 4.37. The van der Waals surface area contributed by atoms with Gasteiger partial charge in [0.25, 0.3) is 0 Å². The molecule has 0 saturated heterocycles. The van der Waals surface area contributed by atoms with Crippen molar-refractivity contribution >= 4 is 17.7 Å². The van der Waals surface area contributed by atoms with E-state index in [0.29, 0.717) is 23.0 Å². The lowest BCUT2D eigenvalue weighted by Gasteiger charge is -2.01. The van der Waals surface area contributed by atoms with Crippen LogP contribution in [0.25, 0.3) is 0 Å². The zero-order valence-corrected chi connectivity index (χ0v) is 10.4. The van der Waals surface area contributed by atoms with Crippen molar-refractivity contribution < 1.29 is 14.3 Å². The third kappa shape index (κ3) is 2.33. The Balaban J connectivity index is 2.14. The van der Waals surface area contributed by atoms with E-state index in [2.05, 4.69) is 10.2 Å². The van der Waals surface area contributed by atoms with Crippen LogP contribution in [0, 0.1) is 0 Å². The molecule has 0 aliphatic heterocycles. The van der Waals surface area contributed by atoms with Crippen LogP contribution in [0.1, 0.15) is 23.0 Å². The quantitative estimate of drug-likeness (QED) is 0.790. The average molecular weight is 269 g/mol. The van der Waals surface area contributed by atoms with Crippen LogP contribution in [-0.4, -0.2) is 25.8 Å². The molecule has 2 heterocycles. The third-order valence-electron chi connectivity index (χ3n) is 2.34. The first-order valence-electron chi connectivity index (χ1n) is 5.21. The first kappa shape index (κ1) is 12.5. The predicted molar refractivity (Wildman–Crippen MR) is 63.8 cm³/mol. The Hall–Kier alpha value is -1.96. The Morgan fingerprint density at radius 2 is 2.44 bits per heavy atom. The van der Waals surface area contributed by atoms with E-state index in [1.54, 1.807) is 6.07 Å². The van der Waals surface area contributed by atoms with E-state index in [1.807, 2.05) is 6.92 Å². The fraction of sp³-hybridized carbons (Fsp3) is 0.300. The molecule has 18 heavy (non-hydrogen) atoms. The van der Waals surface area contributed by atoms with Crippen LogP contribution in [0.2, 0.25) is 0 Å². The molecule has 96 valence electrons. The zero-order chi connectivity index (χ0) is 13.1. The van der Waals surface area contributed by atoms with Crippen molar-refractivity contribution in [2.75, 3.05) is 0 Å². The highest BCUT2D eigenvalue weighted by Gasteiger charge is 2.15. The van der Waals surface area contributed by atoms with Crippen LogP contribution in [0.3, 0.4) is 0 Å². The lowest BCUT2D eigenvalue weighted by Crippen LogP contribution is -2.16. The lowest BCUT2D eigenvalue weighted by molar-refractivity contribution is 0.0661. The van der Waals surface area contributed by atoms with E-state index >= 15 is 0 Å². The number of hydrogen-bond donors (Lipinski definition) is 2. The van der Waals surface area contributed by atoms with Crippen molar-refractivity contribution in [1.29, 1.82) is 0 Å². The number of carboxylic acid groups (broad SMARTS) is 1. The largest absolute Gasteiger partial charge is 0.475 e. The fourth-order valence-electron chi connectivity index (χ4n) is 1.47. The Morgan fingerprint density at radius 3 is 3.11 bits per heavy atom. The van der Waals surface area contributed by atoms with Gasteiger partial charge in [-0.3, -0.25) is 4.57 Å². The van der Waals surface area contributed by atoms with Gasteiger partial charge in [0, 0.05) is 17.9 Å². The summed E-state index contributed by atoms with van der Waals surface area (Å²) in [6.07, 6.45) is 1.33. The Morgan fingerprint density at radius 1 is 1.67 bits per heavy atom. The number of aromatic carboxylic acids is 1. The zero-order valence-electron chi connectivity index (χ0n) is 9.54. The van der Waals surface area contributed by atoms with E-state index in [4.69, 9.17) is 9.52 Å². The first-order valence-corrected chi connectivity index (χ1v) is 6.19. The molecule has 2 aromatic rings. The SMILES string of the molecule is CCn1c(SCc2ccoc2C(=O)O)n[nH]c1=O. The summed E-state index contributed by atoms with van der Waals surface area (Å²) in [5.41, 5.74) is 0.288. The van der Waals surface area contributed by atoms with Gasteiger partial charge in [-0.05, 0) is 13.0 Å². The summed E-state index contributed by atoms with van der Waals surface area (Å²) in [5, 5.41) is 15.6. The molecular weight excluding hydrogens is 258 g/mol. The third-order valence-corrected chi connectivity index (χ3v) is 3.36. The second-order valence-electron chi connectivity index (χ2n) is 3.42. The fourth-order valence-corrected chi connectivity index (χ4v) is 2.46. The summed E-state index contributed by atoms with van der Waals surface area (Å²) in [5.74, 6) is -0.809. The summed E-state index contributed by atoms with van der Waals surface area (Å²) >= 11 is 1.28. The van der Waals surface area contributed by atoms with E-state index < -0.39 is 5.97 Å². The number of thioether (sulfide) groups is 1. The molecule has 2 rings (SSSR count). The van der Waals surface area contributed by atoms with Crippen molar-refractivity contribution in [3.63, 3.8) is 0 Å². The Labute approximate surface area is 106 Å². The summed E-state index contributed by atoms with van der Waals surface area (Å²) in [6, 6.07) is 1.59. The minimum absolute atomic E-state index is 0.0802.